The molecule has 0 unspecified atom stereocenters. The molecule has 0 aliphatic rings. The van der Waals surface area contributed by atoms with Crippen LogP contribution in [0.5, 0.6) is 0 Å². The second-order valence-electron chi connectivity index (χ2n) is 5.62. The fourth-order valence-corrected chi connectivity index (χ4v) is 7.41. The largest absolute Gasteiger partial charge is 0.115 e. The molecule has 0 atom stereocenters. The molecule has 3 aromatic rings. The lowest BCUT2D eigenvalue weighted by atomic mass is 10.4. The van der Waals surface area contributed by atoms with Gasteiger partial charge in [-0.2, -0.15) is 0 Å². The average molecular weight is 396 g/mol. The Hall–Kier alpha value is -1.69. The van der Waals surface area contributed by atoms with E-state index in [1.165, 1.54) is 15.9 Å². The third-order valence-corrected chi connectivity index (χ3v) is 8.90. The molecule has 3 aromatic carbocycles. The minimum absolute atomic E-state index is 0.894. The zero-order valence-corrected chi connectivity index (χ0v) is 16.0. The van der Waals surface area contributed by atoms with E-state index in [4.69, 9.17) is 0 Å². The molecule has 0 aromatic heterocycles. The van der Waals surface area contributed by atoms with E-state index < -0.39 is 7.26 Å². The third kappa shape index (κ3) is 3.53. The molecule has 0 heterocycles. The molecule has 0 amide bonds. The van der Waals surface area contributed by atoms with Gasteiger partial charge in [-0.3, -0.25) is 0 Å². The predicted molar refractivity (Wildman–Crippen MR) is 113 cm³/mol. The lowest BCUT2D eigenvalue weighted by molar-refractivity contribution is 1.62. The zero-order chi connectivity index (χ0) is 16.7. The van der Waals surface area contributed by atoms with Gasteiger partial charge in [0, 0.05) is 5.33 Å². The summed E-state index contributed by atoms with van der Waals surface area (Å²) in [5, 5.41) is 5.19. The fourth-order valence-electron chi connectivity index (χ4n) is 3.11. The molecule has 0 bridgehead atoms. The van der Waals surface area contributed by atoms with E-state index in [9.17, 15) is 0 Å². The van der Waals surface area contributed by atoms with Crippen LogP contribution in [0.1, 0.15) is 0 Å². The van der Waals surface area contributed by atoms with E-state index in [1.54, 1.807) is 0 Å². The van der Waals surface area contributed by atoms with E-state index in [0.29, 0.717) is 0 Å². The average Bonchev–Trinajstić information content (AvgIpc) is 2.68. The van der Waals surface area contributed by atoms with Crippen molar-refractivity contribution >= 4 is 39.1 Å². The van der Waals surface area contributed by atoms with Crippen LogP contribution in [0.4, 0.5) is 0 Å². The molecule has 0 N–H and O–H groups in total. The van der Waals surface area contributed by atoms with Crippen LogP contribution in [0.3, 0.4) is 0 Å². The van der Waals surface area contributed by atoms with Gasteiger partial charge in [-0.25, -0.2) is 0 Å². The maximum atomic E-state index is 3.51. The fraction of sp³-hybridized carbons (Fsp3) is 0.0909. The van der Waals surface area contributed by atoms with Crippen molar-refractivity contribution in [3.8, 4) is 0 Å². The number of hydrogen-bond donors (Lipinski definition) is 0. The molecular weight excluding hydrogens is 375 g/mol. The summed E-state index contributed by atoms with van der Waals surface area (Å²) in [6.07, 6.45) is 5.58. The molecule has 0 radical (unpaired) electrons. The Bertz CT molecular complexity index is 670. The smallest absolute Gasteiger partial charge is 0.0883 e. The number of hydrogen-bond acceptors (Lipinski definition) is 0. The van der Waals surface area contributed by atoms with Crippen LogP contribution >= 0.6 is 23.2 Å². The standard InChI is InChI=1S/C22H21BrP/c23-18-10-11-19-24(20-12-4-1-5-13-20,21-14-6-2-7-15-21)22-16-8-3-9-17-22/h1-17H,18-19H2/q+1/b11-10+. The Kier molecular flexibility index (Phi) is 6.01. The van der Waals surface area contributed by atoms with Crippen molar-refractivity contribution in [1.29, 1.82) is 0 Å². The number of alkyl halides is 1. The molecule has 0 nitrogen and oxygen atoms in total. The SMILES string of the molecule is BrC/C=C/C[P+](c1ccccc1)(c1ccccc1)c1ccccc1. The molecule has 0 spiro atoms. The molecule has 0 fully saturated rings. The van der Waals surface area contributed by atoms with Gasteiger partial charge in [-0.05, 0) is 42.5 Å². The minimum atomic E-state index is -1.69. The van der Waals surface area contributed by atoms with Gasteiger partial charge in [0.25, 0.3) is 0 Å². The van der Waals surface area contributed by atoms with E-state index in [-0.39, 0.29) is 0 Å². The summed E-state index contributed by atoms with van der Waals surface area (Å²) in [4.78, 5) is 0. The Morgan fingerprint density at radius 3 is 1.29 bits per heavy atom. The van der Waals surface area contributed by atoms with Crippen molar-refractivity contribution in [1.82, 2.24) is 0 Å². The van der Waals surface area contributed by atoms with Crippen molar-refractivity contribution in [2.75, 3.05) is 11.5 Å². The Labute approximate surface area is 153 Å². The summed E-state index contributed by atoms with van der Waals surface area (Å²) < 4.78 is 0. The van der Waals surface area contributed by atoms with Crippen LogP contribution in [-0.2, 0) is 0 Å². The normalized spacial score (nSPS) is 11.7. The second-order valence-corrected chi connectivity index (χ2v) is 9.81. The van der Waals surface area contributed by atoms with Crippen molar-refractivity contribution in [3.63, 3.8) is 0 Å². The van der Waals surface area contributed by atoms with Gasteiger partial charge < -0.3 is 0 Å². The number of allylic oxidation sites excluding steroid dienone is 2. The van der Waals surface area contributed by atoms with E-state index in [1.807, 2.05) is 0 Å². The van der Waals surface area contributed by atoms with E-state index >= 15 is 0 Å². The first-order valence-electron chi connectivity index (χ1n) is 8.14. The first-order chi connectivity index (χ1) is 11.9. The molecule has 2 heteroatoms. The summed E-state index contributed by atoms with van der Waals surface area (Å²) in [5.74, 6) is 0. The Balaban J connectivity index is 2.26. The van der Waals surface area contributed by atoms with E-state index in [0.717, 1.165) is 11.5 Å². The summed E-state index contributed by atoms with van der Waals surface area (Å²) in [7, 11) is -1.69. The second kappa shape index (κ2) is 8.42. The van der Waals surface area contributed by atoms with Gasteiger partial charge >= 0.3 is 0 Å². The van der Waals surface area contributed by atoms with Gasteiger partial charge in [0.1, 0.15) is 23.2 Å². The lowest BCUT2D eigenvalue weighted by Crippen LogP contribution is -2.32. The zero-order valence-electron chi connectivity index (χ0n) is 13.6. The summed E-state index contributed by atoms with van der Waals surface area (Å²) >= 11 is 3.51. The molecule has 0 aliphatic carbocycles. The molecule has 0 saturated heterocycles. The van der Waals surface area contributed by atoms with Gasteiger partial charge in [-0.1, -0.05) is 76.6 Å². The Morgan fingerprint density at radius 2 is 0.958 bits per heavy atom. The van der Waals surface area contributed by atoms with Crippen molar-refractivity contribution in [2.45, 2.75) is 0 Å². The maximum absolute atomic E-state index is 3.51. The van der Waals surface area contributed by atoms with Crippen LogP contribution in [0.15, 0.2) is 103 Å². The highest BCUT2D eigenvalue weighted by Crippen LogP contribution is 2.55. The Morgan fingerprint density at radius 1 is 0.583 bits per heavy atom. The van der Waals surface area contributed by atoms with Crippen molar-refractivity contribution in [2.24, 2.45) is 0 Å². The van der Waals surface area contributed by atoms with Crippen LogP contribution in [0, 0.1) is 0 Å². The summed E-state index contributed by atoms with van der Waals surface area (Å²) in [5.41, 5.74) is 0. The number of rotatable bonds is 6. The molecule has 0 saturated carbocycles. The lowest BCUT2D eigenvalue weighted by Gasteiger charge is -2.26. The highest BCUT2D eigenvalue weighted by Gasteiger charge is 2.43. The van der Waals surface area contributed by atoms with Gasteiger partial charge in [-0.15, -0.1) is 0 Å². The van der Waals surface area contributed by atoms with Crippen LogP contribution in [0.25, 0.3) is 0 Å². The van der Waals surface area contributed by atoms with Gasteiger partial charge in [0.15, 0.2) is 0 Å². The molecule has 120 valence electrons. The molecule has 3 rings (SSSR count). The summed E-state index contributed by atoms with van der Waals surface area (Å²) in [6.45, 7) is 0. The van der Waals surface area contributed by atoms with Gasteiger partial charge in [0.2, 0.25) is 0 Å². The molecule has 24 heavy (non-hydrogen) atoms. The quantitative estimate of drug-likeness (QED) is 0.315. The molecule has 0 aliphatic heterocycles. The third-order valence-electron chi connectivity index (χ3n) is 4.23. The van der Waals surface area contributed by atoms with Crippen LogP contribution in [0.2, 0.25) is 0 Å². The van der Waals surface area contributed by atoms with Crippen molar-refractivity contribution in [3.05, 3.63) is 103 Å². The first-order valence-corrected chi connectivity index (χ1v) is 11.2. The van der Waals surface area contributed by atoms with Crippen LogP contribution in [-0.4, -0.2) is 11.5 Å². The minimum Gasteiger partial charge on any atom is -0.0883 e. The first kappa shape index (κ1) is 17.1. The predicted octanol–water partition coefficient (Wildman–Crippen LogP) is 4.93. The molecular formula is C22H21BrP+. The highest BCUT2D eigenvalue weighted by atomic mass is 79.9. The maximum Gasteiger partial charge on any atom is 0.115 e. The van der Waals surface area contributed by atoms with Gasteiger partial charge in [0.05, 0.1) is 6.16 Å². The topological polar surface area (TPSA) is 0 Å². The summed E-state index contributed by atoms with van der Waals surface area (Å²) in [6, 6.07) is 33.0. The van der Waals surface area contributed by atoms with Crippen LogP contribution < -0.4 is 15.9 Å². The van der Waals surface area contributed by atoms with Crippen molar-refractivity contribution < 1.29 is 0 Å². The highest BCUT2D eigenvalue weighted by molar-refractivity contribution is 9.09. The number of halogens is 1. The van der Waals surface area contributed by atoms with E-state index in [2.05, 4.69) is 119 Å². The number of benzene rings is 3. The monoisotopic (exact) mass is 395 g/mol.